The highest BCUT2D eigenvalue weighted by Gasteiger charge is 2.11. The number of hydrogen-bond acceptors (Lipinski definition) is 3. The third-order valence-electron chi connectivity index (χ3n) is 3.06. The molecule has 0 spiro atoms. The monoisotopic (exact) mass is 282 g/mol. The van der Waals surface area contributed by atoms with Gasteiger partial charge in [-0.1, -0.05) is 24.3 Å². The van der Waals surface area contributed by atoms with Crippen molar-refractivity contribution in [3.63, 3.8) is 0 Å². The second-order valence-electron chi connectivity index (χ2n) is 4.77. The first-order chi connectivity index (χ1) is 9.65. The zero-order chi connectivity index (χ0) is 14.1. The van der Waals surface area contributed by atoms with Gasteiger partial charge >= 0.3 is 0 Å². The number of carbonyl (C=O) groups is 1. The van der Waals surface area contributed by atoms with E-state index in [1.165, 1.54) is 0 Å². The number of aromatic nitrogens is 1. The van der Waals surface area contributed by atoms with Gasteiger partial charge in [-0.15, -0.1) is 11.3 Å². The van der Waals surface area contributed by atoms with Gasteiger partial charge < -0.3 is 4.90 Å². The highest BCUT2D eigenvalue weighted by atomic mass is 32.1. The van der Waals surface area contributed by atoms with Crippen LogP contribution < -0.4 is 0 Å². The molecule has 3 nitrogen and oxygen atoms in total. The molecule has 4 heteroatoms. The first-order valence-corrected chi connectivity index (χ1v) is 7.14. The second kappa shape index (κ2) is 5.06. The van der Waals surface area contributed by atoms with E-state index in [0.29, 0.717) is 5.56 Å². The Morgan fingerprint density at radius 1 is 1.10 bits per heavy atom. The first kappa shape index (κ1) is 12.8. The molecule has 0 fully saturated rings. The summed E-state index contributed by atoms with van der Waals surface area (Å²) in [5, 5.41) is 0.944. The van der Waals surface area contributed by atoms with Crippen LogP contribution >= 0.6 is 11.3 Å². The summed E-state index contributed by atoms with van der Waals surface area (Å²) in [5.41, 5.74) is 2.67. The summed E-state index contributed by atoms with van der Waals surface area (Å²) in [5.74, 6) is 0.00737. The maximum Gasteiger partial charge on any atom is 0.253 e. The Morgan fingerprint density at radius 3 is 2.65 bits per heavy atom. The highest BCUT2D eigenvalue weighted by Crippen LogP contribution is 2.30. The third kappa shape index (κ3) is 2.30. The molecular weight excluding hydrogens is 268 g/mol. The van der Waals surface area contributed by atoms with Crippen LogP contribution in [0.25, 0.3) is 20.8 Å². The lowest BCUT2D eigenvalue weighted by Gasteiger charge is -2.10. The summed E-state index contributed by atoms with van der Waals surface area (Å²) in [4.78, 5) is 18.2. The maximum absolute atomic E-state index is 12.0. The van der Waals surface area contributed by atoms with E-state index in [9.17, 15) is 4.79 Å². The smallest absolute Gasteiger partial charge is 0.253 e. The van der Waals surface area contributed by atoms with Gasteiger partial charge in [-0.2, -0.15) is 0 Å². The Kier molecular flexibility index (Phi) is 3.24. The fourth-order valence-electron chi connectivity index (χ4n) is 2.04. The summed E-state index contributed by atoms with van der Waals surface area (Å²) < 4.78 is 1.16. The highest BCUT2D eigenvalue weighted by molar-refractivity contribution is 7.21. The summed E-state index contributed by atoms with van der Waals surface area (Å²) in [6, 6.07) is 15.7. The molecule has 3 aromatic rings. The van der Waals surface area contributed by atoms with Gasteiger partial charge in [-0.25, -0.2) is 4.98 Å². The molecule has 1 heterocycles. The van der Waals surface area contributed by atoms with Gasteiger partial charge in [0.25, 0.3) is 5.91 Å². The lowest BCUT2D eigenvalue weighted by atomic mass is 10.1. The van der Waals surface area contributed by atoms with Crippen LogP contribution in [0.15, 0.2) is 48.5 Å². The number of carbonyl (C=O) groups excluding carboxylic acids is 1. The second-order valence-corrected chi connectivity index (χ2v) is 5.80. The zero-order valence-electron chi connectivity index (χ0n) is 11.3. The Balaban J connectivity index is 2.05. The van der Waals surface area contributed by atoms with Gasteiger partial charge in [0.05, 0.1) is 10.2 Å². The van der Waals surface area contributed by atoms with Crippen LogP contribution in [-0.4, -0.2) is 29.9 Å². The van der Waals surface area contributed by atoms with E-state index in [2.05, 4.69) is 11.1 Å². The molecule has 0 aliphatic heterocycles. The Bertz CT molecular complexity index is 744. The lowest BCUT2D eigenvalue weighted by molar-refractivity contribution is 0.0827. The van der Waals surface area contributed by atoms with Crippen LogP contribution in [-0.2, 0) is 0 Å². The molecule has 0 saturated carbocycles. The van der Waals surface area contributed by atoms with Crippen LogP contribution in [0.3, 0.4) is 0 Å². The van der Waals surface area contributed by atoms with E-state index in [4.69, 9.17) is 0 Å². The Labute approximate surface area is 121 Å². The molecule has 100 valence electrons. The molecule has 0 unspecified atom stereocenters. The van der Waals surface area contributed by atoms with E-state index in [0.717, 1.165) is 20.8 Å². The molecular formula is C16H14N2OS. The summed E-state index contributed by atoms with van der Waals surface area (Å²) in [6.07, 6.45) is 0. The number of nitrogens with zero attached hydrogens (tertiary/aromatic N) is 2. The number of rotatable bonds is 2. The molecule has 3 rings (SSSR count). The Morgan fingerprint density at radius 2 is 1.90 bits per heavy atom. The van der Waals surface area contributed by atoms with Crippen LogP contribution in [0.2, 0.25) is 0 Å². The molecule has 0 aliphatic rings. The molecule has 20 heavy (non-hydrogen) atoms. The van der Waals surface area contributed by atoms with Crippen LogP contribution in [0, 0.1) is 0 Å². The van der Waals surface area contributed by atoms with Gasteiger partial charge in [0.1, 0.15) is 5.01 Å². The van der Waals surface area contributed by atoms with Crippen LogP contribution in [0.5, 0.6) is 0 Å². The predicted molar refractivity (Wildman–Crippen MR) is 83.1 cm³/mol. The topological polar surface area (TPSA) is 33.2 Å². The average Bonchev–Trinajstić information content (AvgIpc) is 2.90. The number of hydrogen-bond donors (Lipinski definition) is 0. The van der Waals surface area contributed by atoms with Gasteiger partial charge in [0.2, 0.25) is 0 Å². The molecule has 0 bridgehead atoms. The number of thiazole rings is 1. The Hall–Kier alpha value is -2.20. The minimum atomic E-state index is 0.00737. The molecule has 1 amide bonds. The molecule has 0 N–H and O–H groups in total. The number of para-hydroxylation sites is 1. The van der Waals surface area contributed by atoms with Gasteiger partial charge in [0.15, 0.2) is 0 Å². The largest absolute Gasteiger partial charge is 0.345 e. The number of amides is 1. The lowest BCUT2D eigenvalue weighted by Crippen LogP contribution is -2.21. The van der Waals surface area contributed by atoms with Crippen molar-refractivity contribution < 1.29 is 4.79 Å². The van der Waals surface area contributed by atoms with E-state index in [1.807, 2.05) is 42.5 Å². The summed E-state index contributed by atoms with van der Waals surface area (Å²) in [6.45, 7) is 0. The van der Waals surface area contributed by atoms with E-state index < -0.39 is 0 Å². The molecule has 2 aromatic carbocycles. The number of fused-ring (bicyclic) bond motifs is 1. The molecule has 0 atom stereocenters. The van der Waals surface area contributed by atoms with E-state index in [1.54, 1.807) is 30.3 Å². The normalized spacial score (nSPS) is 10.7. The van der Waals surface area contributed by atoms with E-state index in [-0.39, 0.29) is 5.91 Å². The average molecular weight is 282 g/mol. The number of benzene rings is 2. The minimum absolute atomic E-state index is 0.00737. The quantitative estimate of drug-likeness (QED) is 0.718. The van der Waals surface area contributed by atoms with Crippen molar-refractivity contribution in [2.45, 2.75) is 0 Å². The van der Waals surface area contributed by atoms with Crippen LogP contribution in [0.4, 0.5) is 0 Å². The zero-order valence-corrected chi connectivity index (χ0v) is 12.1. The van der Waals surface area contributed by atoms with Crippen molar-refractivity contribution in [3.05, 3.63) is 54.1 Å². The third-order valence-corrected chi connectivity index (χ3v) is 4.14. The van der Waals surface area contributed by atoms with Crippen molar-refractivity contribution in [2.75, 3.05) is 14.1 Å². The van der Waals surface area contributed by atoms with E-state index >= 15 is 0 Å². The predicted octanol–water partition coefficient (Wildman–Crippen LogP) is 3.67. The summed E-state index contributed by atoms with van der Waals surface area (Å²) in [7, 11) is 3.51. The van der Waals surface area contributed by atoms with Gasteiger partial charge in [-0.05, 0) is 24.3 Å². The molecule has 0 radical (unpaired) electrons. The van der Waals surface area contributed by atoms with Crippen LogP contribution in [0.1, 0.15) is 10.4 Å². The fraction of sp³-hybridized carbons (Fsp3) is 0.125. The van der Waals surface area contributed by atoms with Crippen molar-refractivity contribution in [2.24, 2.45) is 0 Å². The van der Waals surface area contributed by atoms with Gasteiger partial charge in [-0.3, -0.25) is 4.79 Å². The maximum atomic E-state index is 12.0. The van der Waals surface area contributed by atoms with Gasteiger partial charge in [0, 0.05) is 25.2 Å². The van der Waals surface area contributed by atoms with Crippen molar-refractivity contribution in [3.8, 4) is 10.6 Å². The summed E-state index contributed by atoms with van der Waals surface area (Å²) >= 11 is 1.64. The van der Waals surface area contributed by atoms with Crippen molar-refractivity contribution in [1.29, 1.82) is 0 Å². The standard InChI is InChI=1S/C16H14N2OS/c1-18(2)16(19)12-7-5-6-11(10-12)15-17-13-8-3-4-9-14(13)20-15/h3-10H,1-2H3. The molecule has 0 aliphatic carbocycles. The minimum Gasteiger partial charge on any atom is -0.345 e. The molecule has 1 aromatic heterocycles. The SMILES string of the molecule is CN(C)C(=O)c1cccc(-c2nc3ccccc3s2)c1. The molecule has 0 saturated heterocycles. The fourth-order valence-corrected chi connectivity index (χ4v) is 3.00. The van der Waals surface area contributed by atoms with Crippen molar-refractivity contribution in [1.82, 2.24) is 9.88 Å². The van der Waals surface area contributed by atoms with Crippen molar-refractivity contribution >= 4 is 27.5 Å². The first-order valence-electron chi connectivity index (χ1n) is 6.33.